The first-order chi connectivity index (χ1) is 8.54. The summed E-state index contributed by atoms with van der Waals surface area (Å²) in [7, 11) is 3.58. The predicted octanol–water partition coefficient (Wildman–Crippen LogP) is -1.12. The van der Waals surface area contributed by atoms with Crippen LogP contribution in [0.25, 0.3) is 0 Å². The molecule has 1 rings (SSSR count). The number of carbonyl (C=O) groups excluding carboxylic acids is 1. The Balaban J connectivity index is 0.000000411. The zero-order valence-corrected chi connectivity index (χ0v) is 11.6. The van der Waals surface area contributed by atoms with E-state index in [1.807, 2.05) is 6.92 Å². The molecule has 0 aliphatic carbocycles. The Hall–Kier alpha value is -0.690. The Morgan fingerprint density at radius 1 is 1.39 bits per heavy atom. The van der Waals surface area contributed by atoms with Crippen molar-refractivity contribution in [3.63, 3.8) is 0 Å². The largest absolute Gasteiger partial charge is 0.548 e. The van der Waals surface area contributed by atoms with Gasteiger partial charge in [0, 0.05) is 13.7 Å². The molecule has 1 aliphatic rings. The zero-order valence-electron chi connectivity index (χ0n) is 11.6. The monoisotopic (exact) mass is 263 g/mol. The molecule has 108 valence electrons. The van der Waals surface area contributed by atoms with E-state index in [-0.39, 0.29) is 6.61 Å². The van der Waals surface area contributed by atoms with Crippen LogP contribution in [-0.2, 0) is 19.0 Å². The number of hydrogen-bond donors (Lipinski definition) is 0. The first-order valence-electron chi connectivity index (χ1n) is 6.22. The fourth-order valence-electron chi connectivity index (χ4n) is 1.55. The van der Waals surface area contributed by atoms with Crippen molar-refractivity contribution >= 4 is 5.97 Å². The fraction of sp³-hybridized carbons (Fsp3) is 0.917. The summed E-state index contributed by atoms with van der Waals surface area (Å²) in [5, 5.41) is 9.36. The first kappa shape index (κ1) is 17.3. The number of nitrogens with zero attached hydrogens (tertiary/aromatic N) is 1. The van der Waals surface area contributed by atoms with Gasteiger partial charge in [-0.15, -0.1) is 0 Å². The van der Waals surface area contributed by atoms with Crippen molar-refractivity contribution in [1.29, 1.82) is 0 Å². The molecule has 0 aromatic carbocycles. The Kier molecular flexibility index (Phi) is 9.86. The second-order valence-corrected chi connectivity index (χ2v) is 4.40. The smallest absolute Gasteiger partial charge is 0.102 e. The van der Waals surface area contributed by atoms with E-state index in [1.165, 1.54) is 7.11 Å². The zero-order chi connectivity index (χ0) is 13.9. The fourth-order valence-corrected chi connectivity index (χ4v) is 1.55. The number of morpholine rings is 1. The number of methoxy groups -OCH3 is 1. The van der Waals surface area contributed by atoms with Crippen LogP contribution in [0.1, 0.15) is 6.92 Å². The van der Waals surface area contributed by atoms with Gasteiger partial charge in [0.2, 0.25) is 0 Å². The Morgan fingerprint density at radius 2 is 2.00 bits per heavy atom. The third-order valence-electron chi connectivity index (χ3n) is 2.79. The second-order valence-electron chi connectivity index (χ2n) is 4.40. The third kappa shape index (κ3) is 9.35. The standard InChI is InChI=1S/C9H20NO2.C3H6O3/c1-3-11-7-4-10(2)5-8-12-9-6-10;1-6-2-3(4)5/h3-9H2,1-2H3;2H2,1H3,(H,4,5)/q+1;/p-1. The van der Waals surface area contributed by atoms with Gasteiger partial charge in [-0.3, -0.25) is 0 Å². The highest BCUT2D eigenvalue weighted by Gasteiger charge is 2.24. The van der Waals surface area contributed by atoms with Gasteiger partial charge in [-0.25, -0.2) is 0 Å². The van der Waals surface area contributed by atoms with Gasteiger partial charge in [0.05, 0.1) is 39.4 Å². The molecule has 0 unspecified atom stereocenters. The summed E-state index contributed by atoms with van der Waals surface area (Å²) in [5.41, 5.74) is 0. The van der Waals surface area contributed by atoms with Crippen molar-refractivity contribution < 1.29 is 28.6 Å². The molecule has 1 saturated heterocycles. The van der Waals surface area contributed by atoms with Gasteiger partial charge >= 0.3 is 0 Å². The van der Waals surface area contributed by atoms with Gasteiger partial charge < -0.3 is 28.6 Å². The summed E-state index contributed by atoms with van der Waals surface area (Å²) in [5.74, 6) is -1.18. The van der Waals surface area contributed by atoms with Crippen molar-refractivity contribution in [2.45, 2.75) is 6.92 Å². The van der Waals surface area contributed by atoms with E-state index in [4.69, 9.17) is 9.47 Å². The number of quaternary nitrogens is 1. The van der Waals surface area contributed by atoms with Crippen LogP contribution in [0.3, 0.4) is 0 Å². The molecule has 0 spiro atoms. The van der Waals surface area contributed by atoms with Crippen molar-refractivity contribution in [2.75, 3.05) is 66.8 Å². The SMILES string of the molecule is CCOCC[N+]1(C)CCOCC1.COCC(=O)[O-]. The summed E-state index contributed by atoms with van der Waals surface area (Å²) in [4.78, 5) is 9.36. The summed E-state index contributed by atoms with van der Waals surface area (Å²) in [6, 6.07) is 0. The number of carbonyl (C=O) groups is 1. The lowest BCUT2D eigenvalue weighted by Gasteiger charge is -2.37. The van der Waals surface area contributed by atoms with Crippen molar-refractivity contribution in [1.82, 2.24) is 0 Å². The Labute approximate surface area is 109 Å². The first-order valence-corrected chi connectivity index (χ1v) is 6.22. The molecule has 0 aromatic heterocycles. The molecule has 0 radical (unpaired) electrons. The van der Waals surface area contributed by atoms with E-state index in [9.17, 15) is 9.90 Å². The maximum Gasteiger partial charge on any atom is 0.102 e. The number of ether oxygens (including phenoxy) is 3. The van der Waals surface area contributed by atoms with E-state index in [2.05, 4.69) is 11.8 Å². The van der Waals surface area contributed by atoms with Gasteiger partial charge in [-0.1, -0.05) is 0 Å². The van der Waals surface area contributed by atoms with Crippen LogP contribution in [0.5, 0.6) is 0 Å². The number of rotatable bonds is 6. The number of likely N-dealkylation sites (N-methyl/N-ethyl adjacent to an activating group) is 1. The van der Waals surface area contributed by atoms with Gasteiger partial charge in [0.25, 0.3) is 0 Å². The molecule has 6 heteroatoms. The number of hydrogen-bond acceptors (Lipinski definition) is 5. The van der Waals surface area contributed by atoms with Gasteiger partial charge in [-0.05, 0) is 6.92 Å². The highest BCUT2D eigenvalue weighted by atomic mass is 16.5. The quantitative estimate of drug-likeness (QED) is 0.449. The van der Waals surface area contributed by atoms with Crippen LogP contribution in [0.15, 0.2) is 0 Å². The molecule has 1 aliphatic heterocycles. The van der Waals surface area contributed by atoms with Crippen LogP contribution in [0.4, 0.5) is 0 Å². The van der Waals surface area contributed by atoms with Crippen molar-refractivity contribution in [2.24, 2.45) is 0 Å². The van der Waals surface area contributed by atoms with E-state index in [0.29, 0.717) is 0 Å². The van der Waals surface area contributed by atoms with Gasteiger partial charge in [-0.2, -0.15) is 0 Å². The minimum atomic E-state index is -1.18. The van der Waals surface area contributed by atoms with Crippen LogP contribution < -0.4 is 5.11 Å². The summed E-state index contributed by atoms with van der Waals surface area (Å²) in [6.07, 6.45) is 0. The molecule has 1 fully saturated rings. The van der Waals surface area contributed by atoms with Crippen molar-refractivity contribution in [3.8, 4) is 0 Å². The van der Waals surface area contributed by atoms with Crippen LogP contribution in [0, 0.1) is 0 Å². The van der Waals surface area contributed by atoms with Crippen LogP contribution >= 0.6 is 0 Å². The molecule has 1 heterocycles. The number of carboxylic acids is 1. The number of carboxylic acid groups (broad SMARTS) is 1. The van der Waals surface area contributed by atoms with Crippen LogP contribution in [-0.4, -0.2) is 77.3 Å². The molecule has 0 N–H and O–H groups in total. The molecule has 0 saturated carbocycles. The summed E-state index contributed by atoms with van der Waals surface area (Å²) in [6.45, 7) is 8.63. The summed E-state index contributed by atoms with van der Waals surface area (Å²) < 4.78 is 15.9. The average Bonchev–Trinajstić information content (AvgIpc) is 2.31. The second kappa shape index (κ2) is 10.3. The third-order valence-corrected chi connectivity index (χ3v) is 2.79. The molecule has 6 nitrogen and oxygen atoms in total. The van der Waals surface area contributed by atoms with E-state index < -0.39 is 5.97 Å². The molecule has 0 atom stereocenters. The Morgan fingerprint density at radius 3 is 2.39 bits per heavy atom. The van der Waals surface area contributed by atoms with Crippen LogP contribution in [0.2, 0.25) is 0 Å². The minimum Gasteiger partial charge on any atom is -0.548 e. The lowest BCUT2D eigenvalue weighted by atomic mass is 10.3. The maximum absolute atomic E-state index is 9.36. The predicted molar refractivity (Wildman–Crippen MR) is 65.0 cm³/mol. The Bertz CT molecular complexity index is 217. The number of aliphatic carboxylic acids is 1. The lowest BCUT2D eigenvalue weighted by Crippen LogP contribution is -2.53. The normalized spacial score (nSPS) is 17.7. The lowest BCUT2D eigenvalue weighted by molar-refractivity contribution is -0.917. The molecule has 0 aromatic rings. The molecule has 0 bridgehead atoms. The van der Waals surface area contributed by atoms with E-state index in [1.54, 1.807) is 0 Å². The molecular weight excluding hydrogens is 238 g/mol. The molecule has 18 heavy (non-hydrogen) atoms. The van der Waals surface area contributed by atoms with Crippen molar-refractivity contribution in [3.05, 3.63) is 0 Å². The molecular formula is C12H25NO5. The summed E-state index contributed by atoms with van der Waals surface area (Å²) >= 11 is 0. The van der Waals surface area contributed by atoms with Gasteiger partial charge in [0.15, 0.2) is 0 Å². The topological polar surface area (TPSA) is 67.8 Å². The minimum absolute atomic E-state index is 0.319. The average molecular weight is 263 g/mol. The van der Waals surface area contributed by atoms with Gasteiger partial charge in [0.1, 0.15) is 19.6 Å². The highest BCUT2D eigenvalue weighted by Crippen LogP contribution is 2.06. The molecule has 0 amide bonds. The van der Waals surface area contributed by atoms with E-state index >= 15 is 0 Å². The highest BCUT2D eigenvalue weighted by molar-refractivity contribution is 5.65. The van der Waals surface area contributed by atoms with E-state index in [0.717, 1.165) is 50.5 Å². The maximum atomic E-state index is 9.36.